The predicted molar refractivity (Wildman–Crippen MR) is 61.0 cm³/mol. The topological polar surface area (TPSA) is 90.2 Å². The van der Waals surface area contributed by atoms with E-state index in [1.165, 1.54) is 6.42 Å². The minimum atomic E-state index is 0.198. The minimum absolute atomic E-state index is 0.198. The van der Waals surface area contributed by atoms with Crippen LogP contribution in [0.3, 0.4) is 0 Å². The summed E-state index contributed by atoms with van der Waals surface area (Å²) < 4.78 is 0. The van der Waals surface area contributed by atoms with E-state index >= 15 is 0 Å². The third-order valence-corrected chi connectivity index (χ3v) is 2.67. The highest BCUT2D eigenvalue weighted by Gasteiger charge is 2.30. The van der Waals surface area contributed by atoms with E-state index in [0.717, 1.165) is 11.6 Å². The third-order valence-electron chi connectivity index (χ3n) is 2.67. The van der Waals surface area contributed by atoms with Crippen LogP contribution >= 0.6 is 0 Å². The van der Waals surface area contributed by atoms with Gasteiger partial charge in [-0.05, 0) is 25.2 Å². The molecule has 0 aromatic carbocycles. The van der Waals surface area contributed by atoms with E-state index in [0.29, 0.717) is 17.4 Å². The lowest BCUT2D eigenvalue weighted by molar-refractivity contribution is 0.934. The van der Waals surface area contributed by atoms with Gasteiger partial charge in [-0.2, -0.15) is 4.98 Å². The highest BCUT2D eigenvalue weighted by atomic mass is 15.1. The third kappa shape index (κ3) is 2.06. The molecule has 15 heavy (non-hydrogen) atoms. The lowest BCUT2D eigenvalue weighted by Gasteiger charge is -2.03. The van der Waals surface area contributed by atoms with Crippen molar-refractivity contribution in [3.63, 3.8) is 0 Å². The molecule has 2 unspecified atom stereocenters. The van der Waals surface area contributed by atoms with Crippen LogP contribution in [0.25, 0.3) is 0 Å². The zero-order chi connectivity index (χ0) is 11.0. The molecule has 0 saturated heterocycles. The summed E-state index contributed by atoms with van der Waals surface area (Å²) in [5.41, 5.74) is 12.6. The van der Waals surface area contributed by atoms with E-state index in [2.05, 4.69) is 21.9 Å². The summed E-state index contributed by atoms with van der Waals surface area (Å²) >= 11 is 0. The standard InChI is InChI=1S/C10H15N5/c1-5-3-7(5)4-13-8-6(2)14-10(12)15-9(8)11/h4-5,7H,3H2,1-2H3,(H4,11,12,14,15). The molecule has 5 heteroatoms. The van der Waals surface area contributed by atoms with Gasteiger partial charge < -0.3 is 11.5 Å². The number of hydrogen-bond donors (Lipinski definition) is 2. The van der Waals surface area contributed by atoms with Crippen molar-refractivity contribution < 1.29 is 0 Å². The summed E-state index contributed by atoms with van der Waals surface area (Å²) in [7, 11) is 0. The number of nitrogens with two attached hydrogens (primary N) is 2. The fourth-order valence-electron chi connectivity index (χ4n) is 1.50. The van der Waals surface area contributed by atoms with Gasteiger partial charge in [0.05, 0.1) is 5.69 Å². The molecule has 4 N–H and O–H groups in total. The molecule has 0 bridgehead atoms. The van der Waals surface area contributed by atoms with Gasteiger partial charge in [0.2, 0.25) is 5.95 Å². The van der Waals surface area contributed by atoms with Gasteiger partial charge in [0.1, 0.15) is 5.69 Å². The van der Waals surface area contributed by atoms with Crippen LogP contribution in [0.15, 0.2) is 4.99 Å². The maximum atomic E-state index is 5.72. The fraction of sp³-hybridized carbons (Fsp3) is 0.500. The molecule has 2 atom stereocenters. The first kappa shape index (κ1) is 9.89. The number of nitrogen functional groups attached to an aromatic ring is 2. The van der Waals surface area contributed by atoms with Crippen molar-refractivity contribution in [3.8, 4) is 0 Å². The normalized spacial score (nSPS) is 24.7. The van der Waals surface area contributed by atoms with Gasteiger partial charge in [0, 0.05) is 6.21 Å². The first-order valence-electron chi connectivity index (χ1n) is 5.01. The zero-order valence-electron chi connectivity index (χ0n) is 8.94. The van der Waals surface area contributed by atoms with Crippen molar-refractivity contribution in [1.82, 2.24) is 9.97 Å². The van der Waals surface area contributed by atoms with Crippen molar-refractivity contribution in [2.24, 2.45) is 16.8 Å². The molecule has 1 aromatic rings. The summed E-state index contributed by atoms with van der Waals surface area (Å²) in [4.78, 5) is 12.2. The van der Waals surface area contributed by atoms with Gasteiger partial charge in [-0.3, -0.25) is 4.99 Å². The van der Waals surface area contributed by atoms with Crippen molar-refractivity contribution in [1.29, 1.82) is 0 Å². The van der Waals surface area contributed by atoms with Crippen LogP contribution in [-0.4, -0.2) is 16.2 Å². The van der Waals surface area contributed by atoms with Crippen LogP contribution in [0.5, 0.6) is 0 Å². The van der Waals surface area contributed by atoms with E-state index in [-0.39, 0.29) is 5.95 Å². The Hall–Kier alpha value is -1.65. The molecular formula is C10H15N5. The molecule has 80 valence electrons. The van der Waals surface area contributed by atoms with Gasteiger partial charge in [-0.15, -0.1) is 0 Å². The molecular weight excluding hydrogens is 190 g/mol. The maximum Gasteiger partial charge on any atom is 0.222 e. The van der Waals surface area contributed by atoms with Crippen LogP contribution in [-0.2, 0) is 0 Å². The van der Waals surface area contributed by atoms with E-state index in [1.54, 1.807) is 0 Å². The molecule has 0 amide bonds. The quantitative estimate of drug-likeness (QED) is 0.712. The minimum Gasteiger partial charge on any atom is -0.382 e. The summed E-state index contributed by atoms with van der Waals surface area (Å²) in [5.74, 6) is 1.87. The lowest BCUT2D eigenvalue weighted by Crippen LogP contribution is -2.01. The van der Waals surface area contributed by atoms with Gasteiger partial charge >= 0.3 is 0 Å². The highest BCUT2D eigenvalue weighted by Crippen LogP contribution is 2.36. The van der Waals surface area contributed by atoms with E-state index < -0.39 is 0 Å². The highest BCUT2D eigenvalue weighted by molar-refractivity contribution is 5.73. The molecule has 0 radical (unpaired) electrons. The van der Waals surface area contributed by atoms with Crippen molar-refractivity contribution in [3.05, 3.63) is 5.69 Å². The second-order valence-electron chi connectivity index (χ2n) is 4.06. The number of anilines is 2. The van der Waals surface area contributed by atoms with Crippen LogP contribution in [0.1, 0.15) is 19.0 Å². The van der Waals surface area contributed by atoms with Crippen LogP contribution in [0.4, 0.5) is 17.5 Å². The lowest BCUT2D eigenvalue weighted by atomic mass is 10.3. The predicted octanol–water partition coefficient (Wildman–Crippen LogP) is 1.31. The average Bonchev–Trinajstić information content (AvgIpc) is 2.80. The first-order valence-corrected chi connectivity index (χ1v) is 5.01. The van der Waals surface area contributed by atoms with Crippen LogP contribution < -0.4 is 11.5 Å². The number of aryl methyl sites for hydroxylation is 1. The molecule has 1 aliphatic rings. The largest absolute Gasteiger partial charge is 0.382 e. The molecule has 0 aliphatic heterocycles. The monoisotopic (exact) mass is 205 g/mol. The van der Waals surface area contributed by atoms with Crippen LogP contribution in [0.2, 0.25) is 0 Å². The number of nitrogens with zero attached hydrogens (tertiary/aromatic N) is 3. The Kier molecular flexibility index (Phi) is 2.30. The first-order chi connectivity index (χ1) is 7.08. The second kappa shape index (κ2) is 3.49. The van der Waals surface area contributed by atoms with Crippen molar-refractivity contribution in [2.45, 2.75) is 20.3 Å². The smallest absolute Gasteiger partial charge is 0.222 e. The summed E-state index contributed by atoms with van der Waals surface area (Å²) in [6.45, 7) is 4.03. The number of aliphatic imine (C=N–C) groups is 1. The van der Waals surface area contributed by atoms with Gasteiger partial charge in [-0.25, -0.2) is 4.98 Å². The van der Waals surface area contributed by atoms with Gasteiger partial charge in [0.25, 0.3) is 0 Å². The zero-order valence-corrected chi connectivity index (χ0v) is 8.94. The van der Waals surface area contributed by atoms with Crippen LogP contribution in [0, 0.1) is 18.8 Å². The van der Waals surface area contributed by atoms with Crippen molar-refractivity contribution >= 4 is 23.7 Å². The van der Waals surface area contributed by atoms with Gasteiger partial charge in [0.15, 0.2) is 5.82 Å². The van der Waals surface area contributed by atoms with Crippen molar-refractivity contribution in [2.75, 3.05) is 11.5 Å². The Morgan fingerprint density at radius 1 is 1.40 bits per heavy atom. The molecule has 1 heterocycles. The fourth-order valence-corrected chi connectivity index (χ4v) is 1.50. The second-order valence-corrected chi connectivity index (χ2v) is 4.06. The van der Waals surface area contributed by atoms with Gasteiger partial charge in [-0.1, -0.05) is 6.92 Å². The Balaban J connectivity index is 2.24. The molecule has 1 aromatic heterocycles. The summed E-state index contributed by atoms with van der Waals surface area (Å²) in [5, 5.41) is 0. The number of aromatic nitrogens is 2. The summed E-state index contributed by atoms with van der Waals surface area (Å²) in [6.07, 6.45) is 3.14. The molecule has 1 aliphatic carbocycles. The van der Waals surface area contributed by atoms with E-state index in [4.69, 9.17) is 11.5 Å². The van der Waals surface area contributed by atoms with E-state index in [1.807, 2.05) is 13.1 Å². The molecule has 1 fully saturated rings. The number of hydrogen-bond acceptors (Lipinski definition) is 5. The van der Waals surface area contributed by atoms with E-state index in [9.17, 15) is 0 Å². The molecule has 1 saturated carbocycles. The Bertz CT molecular complexity index is 389. The Morgan fingerprint density at radius 3 is 2.60 bits per heavy atom. The number of rotatable bonds is 2. The average molecular weight is 205 g/mol. The summed E-state index contributed by atoms with van der Waals surface area (Å²) in [6, 6.07) is 0. The Morgan fingerprint density at radius 2 is 2.07 bits per heavy atom. The maximum absolute atomic E-state index is 5.72. The molecule has 2 rings (SSSR count). The Labute approximate surface area is 88.6 Å². The SMILES string of the molecule is Cc1nc(N)nc(N)c1N=CC1CC1C. The molecule has 0 spiro atoms. The molecule has 5 nitrogen and oxygen atoms in total.